The number of ether oxygens (including phenoxy) is 1. The highest BCUT2D eigenvalue weighted by molar-refractivity contribution is 6.06. The third kappa shape index (κ3) is 5.62. The van der Waals surface area contributed by atoms with Crippen LogP contribution in [0.1, 0.15) is 74.2 Å². The third-order valence-electron chi connectivity index (χ3n) is 6.97. The molecule has 0 saturated carbocycles. The number of aliphatic hydroxyl groups excluding tert-OH is 1. The number of nitrogens with two attached hydrogens (primary N) is 1. The van der Waals surface area contributed by atoms with Crippen molar-refractivity contribution in [2.24, 2.45) is 5.92 Å². The Bertz CT molecular complexity index is 1250. The van der Waals surface area contributed by atoms with Gasteiger partial charge in [0.05, 0.1) is 47.6 Å². The standard InChI is InChI=1S/C28H34FN5O3/c1-4-8-16-9-7-10-19(29)25(16)27-32-14-20(30)26(34-27)28(36)33-21-15-31-12-11-18(21)24-13-22(35)17(5-2)23(6-3)37-24/h7,9-12,14-15,17,22-24,35H,4-6,8,13,30H2,1-3H3,(H,33,36). The largest absolute Gasteiger partial charge is 0.396 e. The van der Waals surface area contributed by atoms with Gasteiger partial charge in [-0.1, -0.05) is 39.3 Å². The first-order valence-corrected chi connectivity index (χ1v) is 12.9. The number of carbonyl (C=O) groups is 1. The van der Waals surface area contributed by atoms with Crippen LogP contribution in [0.25, 0.3) is 11.4 Å². The average Bonchev–Trinajstić information content (AvgIpc) is 2.89. The summed E-state index contributed by atoms with van der Waals surface area (Å²) >= 11 is 0. The van der Waals surface area contributed by atoms with E-state index in [1.54, 1.807) is 18.3 Å². The number of nitrogens with zero attached hydrogens (tertiary/aromatic N) is 3. The van der Waals surface area contributed by atoms with Crippen LogP contribution in [-0.2, 0) is 11.2 Å². The second kappa shape index (κ2) is 11.7. The van der Waals surface area contributed by atoms with E-state index >= 15 is 0 Å². The highest BCUT2D eigenvalue weighted by atomic mass is 19.1. The van der Waals surface area contributed by atoms with Gasteiger partial charge in [-0.05, 0) is 37.0 Å². The van der Waals surface area contributed by atoms with E-state index in [1.165, 1.54) is 18.5 Å². The average molecular weight is 508 g/mol. The molecule has 0 radical (unpaired) electrons. The molecule has 0 bridgehead atoms. The number of rotatable bonds is 8. The summed E-state index contributed by atoms with van der Waals surface area (Å²) < 4.78 is 21.1. The zero-order valence-corrected chi connectivity index (χ0v) is 21.4. The number of amides is 1. The molecular weight excluding hydrogens is 473 g/mol. The van der Waals surface area contributed by atoms with Crippen molar-refractivity contribution >= 4 is 17.3 Å². The maximum absolute atomic E-state index is 14.8. The summed E-state index contributed by atoms with van der Waals surface area (Å²) in [4.78, 5) is 26.1. The van der Waals surface area contributed by atoms with E-state index in [1.807, 2.05) is 26.8 Å². The van der Waals surface area contributed by atoms with Crippen molar-refractivity contribution in [3.63, 3.8) is 0 Å². The first-order chi connectivity index (χ1) is 17.9. The zero-order valence-electron chi connectivity index (χ0n) is 21.4. The maximum Gasteiger partial charge on any atom is 0.276 e. The quantitative estimate of drug-likeness (QED) is 0.388. The zero-order chi connectivity index (χ0) is 26.5. The van der Waals surface area contributed by atoms with Crippen molar-refractivity contribution in [2.45, 2.75) is 71.2 Å². The Labute approximate surface area is 216 Å². The summed E-state index contributed by atoms with van der Waals surface area (Å²) in [6.45, 7) is 6.09. The van der Waals surface area contributed by atoms with E-state index in [4.69, 9.17) is 10.5 Å². The lowest BCUT2D eigenvalue weighted by molar-refractivity contribution is -0.139. The van der Waals surface area contributed by atoms with Crippen LogP contribution >= 0.6 is 0 Å². The lowest BCUT2D eigenvalue weighted by Crippen LogP contribution is -2.40. The Morgan fingerprint density at radius 3 is 2.76 bits per heavy atom. The Morgan fingerprint density at radius 2 is 2.03 bits per heavy atom. The summed E-state index contributed by atoms with van der Waals surface area (Å²) in [5.41, 5.74) is 8.25. The van der Waals surface area contributed by atoms with Gasteiger partial charge < -0.3 is 20.9 Å². The van der Waals surface area contributed by atoms with Crippen LogP contribution in [0.15, 0.2) is 42.9 Å². The lowest BCUT2D eigenvalue weighted by Gasteiger charge is -2.40. The summed E-state index contributed by atoms with van der Waals surface area (Å²) in [7, 11) is 0. The molecule has 1 aliphatic rings. The van der Waals surface area contributed by atoms with Gasteiger partial charge in [-0.25, -0.2) is 14.4 Å². The van der Waals surface area contributed by atoms with Crippen molar-refractivity contribution < 1.29 is 19.0 Å². The molecule has 1 amide bonds. The molecule has 37 heavy (non-hydrogen) atoms. The number of halogens is 1. The number of nitrogen functional groups attached to an aromatic ring is 1. The van der Waals surface area contributed by atoms with Crippen LogP contribution in [0.2, 0.25) is 0 Å². The molecule has 0 spiro atoms. The van der Waals surface area contributed by atoms with E-state index < -0.39 is 23.9 Å². The Morgan fingerprint density at radius 1 is 1.22 bits per heavy atom. The van der Waals surface area contributed by atoms with Gasteiger partial charge >= 0.3 is 0 Å². The van der Waals surface area contributed by atoms with Crippen LogP contribution < -0.4 is 11.1 Å². The maximum atomic E-state index is 14.8. The molecule has 4 atom stereocenters. The van der Waals surface area contributed by atoms with Crippen LogP contribution in [0.4, 0.5) is 15.8 Å². The smallest absolute Gasteiger partial charge is 0.276 e. The fraction of sp³-hybridized carbons (Fsp3) is 0.429. The molecule has 1 fully saturated rings. The van der Waals surface area contributed by atoms with Gasteiger partial charge in [0.25, 0.3) is 5.91 Å². The number of aromatic nitrogens is 3. The molecule has 1 saturated heterocycles. The van der Waals surface area contributed by atoms with E-state index in [9.17, 15) is 14.3 Å². The number of hydrogen-bond donors (Lipinski definition) is 3. The van der Waals surface area contributed by atoms with Crippen LogP contribution in [-0.4, -0.2) is 38.2 Å². The molecule has 4 N–H and O–H groups in total. The molecule has 1 aliphatic heterocycles. The number of nitrogens with one attached hydrogen (secondary N) is 1. The van der Waals surface area contributed by atoms with E-state index in [0.717, 1.165) is 24.8 Å². The SMILES string of the molecule is CCCc1cccc(F)c1-c1ncc(N)c(C(=O)Nc2cnccc2C2CC(O)C(CC)C(CC)O2)n1. The summed E-state index contributed by atoms with van der Waals surface area (Å²) in [6, 6.07) is 6.60. The van der Waals surface area contributed by atoms with Crippen LogP contribution in [0.5, 0.6) is 0 Å². The Hall–Kier alpha value is -3.43. The number of hydrogen-bond acceptors (Lipinski definition) is 7. The number of aliphatic hydroxyl groups is 1. The number of pyridine rings is 1. The van der Waals surface area contributed by atoms with Crippen molar-refractivity contribution in [2.75, 3.05) is 11.1 Å². The molecule has 196 valence electrons. The van der Waals surface area contributed by atoms with Gasteiger partial charge in [0.2, 0.25) is 0 Å². The minimum Gasteiger partial charge on any atom is -0.396 e. The van der Waals surface area contributed by atoms with Crippen LogP contribution in [0.3, 0.4) is 0 Å². The molecule has 0 aliphatic carbocycles. The summed E-state index contributed by atoms with van der Waals surface area (Å²) in [6.07, 6.45) is 6.94. The Kier molecular flexibility index (Phi) is 8.45. The predicted octanol–water partition coefficient (Wildman–Crippen LogP) is 5.09. The highest BCUT2D eigenvalue weighted by Crippen LogP contribution is 2.39. The monoisotopic (exact) mass is 507 g/mol. The highest BCUT2D eigenvalue weighted by Gasteiger charge is 2.37. The Balaban J connectivity index is 1.63. The number of aryl methyl sites for hydroxylation is 1. The van der Waals surface area contributed by atoms with E-state index in [2.05, 4.69) is 20.3 Å². The third-order valence-corrected chi connectivity index (χ3v) is 6.97. The minimum absolute atomic E-state index is 0.0624. The molecule has 3 heterocycles. The van der Waals surface area contributed by atoms with Gasteiger partial charge in [-0.3, -0.25) is 9.78 Å². The van der Waals surface area contributed by atoms with E-state index in [-0.39, 0.29) is 34.8 Å². The molecule has 9 heteroatoms. The summed E-state index contributed by atoms with van der Waals surface area (Å²) in [5, 5.41) is 13.6. The van der Waals surface area contributed by atoms with Crippen molar-refractivity contribution in [1.82, 2.24) is 15.0 Å². The van der Waals surface area contributed by atoms with Crippen LogP contribution in [0, 0.1) is 11.7 Å². The fourth-order valence-electron chi connectivity index (χ4n) is 5.11. The molecule has 4 unspecified atom stereocenters. The molecular formula is C28H34FN5O3. The molecule has 3 aromatic rings. The van der Waals surface area contributed by atoms with Crippen molar-refractivity contribution in [3.05, 3.63) is 65.5 Å². The van der Waals surface area contributed by atoms with Gasteiger partial charge in [0.15, 0.2) is 11.5 Å². The molecule has 2 aromatic heterocycles. The topological polar surface area (TPSA) is 123 Å². The van der Waals surface area contributed by atoms with Crippen molar-refractivity contribution in [3.8, 4) is 11.4 Å². The second-order valence-electron chi connectivity index (χ2n) is 9.39. The molecule has 4 rings (SSSR count). The normalized spacial score (nSPS) is 21.5. The summed E-state index contributed by atoms with van der Waals surface area (Å²) in [5.74, 6) is -0.863. The number of anilines is 2. The minimum atomic E-state index is -0.571. The fourth-order valence-corrected chi connectivity index (χ4v) is 5.11. The van der Waals surface area contributed by atoms with Crippen molar-refractivity contribution in [1.29, 1.82) is 0 Å². The lowest BCUT2D eigenvalue weighted by atomic mass is 9.84. The first kappa shape index (κ1) is 26.6. The first-order valence-electron chi connectivity index (χ1n) is 12.9. The molecule has 1 aromatic carbocycles. The predicted molar refractivity (Wildman–Crippen MR) is 140 cm³/mol. The van der Waals surface area contributed by atoms with Gasteiger partial charge in [-0.2, -0.15) is 0 Å². The van der Waals surface area contributed by atoms with Gasteiger partial charge in [-0.15, -0.1) is 0 Å². The number of benzene rings is 1. The number of carbonyl (C=O) groups excluding carboxylic acids is 1. The molecule has 8 nitrogen and oxygen atoms in total. The van der Waals surface area contributed by atoms with Gasteiger partial charge in [0.1, 0.15) is 5.82 Å². The van der Waals surface area contributed by atoms with Gasteiger partial charge in [0, 0.05) is 24.1 Å². The second-order valence-corrected chi connectivity index (χ2v) is 9.39. The van der Waals surface area contributed by atoms with E-state index in [0.29, 0.717) is 24.1 Å².